The molecule has 0 saturated carbocycles. The molecular formula is C20H20F8N6O4S2. The minimum absolute atomic E-state index is 0.0244. The van der Waals surface area contributed by atoms with Crippen LogP contribution in [-0.4, -0.2) is 54.5 Å². The molecule has 0 radical (unpaired) electrons. The first-order chi connectivity index (χ1) is 18.3. The predicted molar refractivity (Wildman–Crippen MR) is 126 cm³/mol. The summed E-state index contributed by atoms with van der Waals surface area (Å²) in [7, 11) is -5.90. The minimum atomic E-state index is -6.19. The average Bonchev–Trinajstić information content (AvgIpc) is 3.29. The number of aromatic nitrogens is 2. The molecule has 2 aromatic rings. The quantitative estimate of drug-likeness (QED) is 0.203. The number of sulfonamides is 1. The van der Waals surface area contributed by atoms with Crippen LogP contribution in [-0.2, 0) is 21.2 Å². The molecule has 0 amide bonds. The Morgan fingerprint density at radius 1 is 1.15 bits per heavy atom. The zero-order valence-corrected chi connectivity index (χ0v) is 22.3. The lowest BCUT2D eigenvalue weighted by molar-refractivity contribution is -0.370. The van der Waals surface area contributed by atoms with Crippen LogP contribution in [0.5, 0.6) is 0 Å². The monoisotopic (exact) mass is 624 g/mol. The van der Waals surface area contributed by atoms with E-state index in [0.717, 1.165) is 0 Å². The fourth-order valence-corrected chi connectivity index (χ4v) is 4.95. The number of azo groups is 1. The van der Waals surface area contributed by atoms with Crippen LogP contribution < -0.4 is 9.62 Å². The van der Waals surface area contributed by atoms with Crippen LogP contribution in [0.1, 0.15) is 49.0 Å². The van der Waals surface area contributed by atoms with Gasteiger partial charge in [0.25, 0.3) is 5.13 Å². The van der Waals surface area contributed by atoms with Crippen LogP contribution in [0.25, 0.3) is 0 Å². The maximum atomic E-state index is 13.1. The molecule has 1 N–H and O–H groups in total. The third-order valence-corrected chi connectivity index (χ3v) is 7.46. The van der Waals surface area contributed by atoms with Crippen LogP contribution in [0.4, 0.5) is 57.3 Å². The second-order valence-corrected chi connectivity index (χ2v) is 11.3. The van der Waals surface area contributed by atoms with Gasteiger partial charge in [-0.05, 0) is 50.8 Å². The summed E-state index contributed by atoms with van der Waals surface area (Å²) in [4.78, 5) is 13.6. The number of esters is 1. The van der Waals surface area contributed by atoms with Gasteiger partial charge >= 0.3 is 33.8 Å². The number of aryl methyl sites for hydroxylation is 1. The minimum Gasteiger partial charge on any atom is -0.388 e. The Morgan fingerprint density at radius 3 is 2.35 bits per heavy atom. The molecule has 3 rings (SSSR count). The Labute approximate surface area is 225 Å². The first-order valence-corrected chi connectivity index (χ1v) is 13.5. The molecule has 40 heavy (non-hydrogen) atoms. The van der Waals surface area contributed by atoms with Crippen molar-refractivity contribution in [2.45, 2.75) is 69.9 Å². The summed E-state index contributed by atoms with van der Waals surface area (Å²) >= 11 is 0.0864. The maximum absolute atomic E-state index is 13.1. The smallest absolute Gasteiger partial charge is 0.388 e. The Morgan fingerprint density at radius 2 is 1.80 bits per heavy atom. The highest BCUT2D eigenvalue weighted by molar-refractivity contribution is 7.93. The van der Waals surface area contributed by atoms with E-state index in [1.54, 1.807) is 0 Å². The van der Waals surface area contributed by atoms with Gasteiger partial charge in [-0.15, -0.1) is 20.4 Å². The highest BCUT2D eigenvalue weighted by Crippen LogP contribution is 2.42. The van der Waals surface area contributed by atoms with Gasteiger partial charge in [0.05, 0.1) is 5.69 Å². The Hall–Kier alpha value is -3.16. The fourth-order valence-electron chi connectivity index (χ4n) is 3.84. The lowest BCUT2D eigenvalue weighted by Gasteiger charge is -2.42. The van der Waals surface area contributed by atoms with Gasteiger partial charge < -0.3 is 9.64 Å². The first kappa shape index (κ1) is 31.4. The molecule has 1 aromatic carbocycles. The van der Waals surface area contributed by atoms with Crippen LogP contribution >= 0.6 is 11.3 Å². The van der Waals surface area contributed by atoms with Crippen molar-refractivity contribution in [2.75, 3.05) is 9.62 Å². The normalized spacial score (nSPS) is 16.9. The largest absolute Gasteiger partial charge is 0.516 e. The lowest BCUT2D eigenvalue weighted by atomic mass is 9.92. The summed E-state index contributed by atoms with van der Waals surface area (Å²) in [6.07, 6.45) is -10.2. The molecule has 20 heteroatoms. The summed E-state index contributed by atoms with van der Waals surface area (Å²) in [5.41, 5.74) is -5.59. The number of hydrogen-bond acceptors (Lipinski definition) is 10. The molecule has 2 heterocycles. The van der Waals surface area contributed by atoms with E-state index in [9.17, 15) is 48.3 Å². The number of rotatable bonds is 8. The summed E-state index contributed by atoms with van der Waals surface area (Å²) in [6.45, 7) is 5.64. The van der Waals surface area contributed by atoms with Crippen molar-refractivity contribution < 1.29 is 53.1 Å². The van der Waals surface area contributed by atoms with Gasteiger partial charge in [0.2, 0.25) is 5.01 Å². The number of fused-ring (bicyclic) bond motifs is 1. The van der Waals surface area contributed by atoms with Gasteiger partial charge in [-0.2, -0.15) is 43.5 Å². The van der Waals surface area contributed by atoms with Crippen molar-refractivity contribution >= 4 is 49.5 Å². The van der Waals surface area contributed by atoms with Crippen molar-refractivity contribution in [3.05, 3.63) is 22.7 Å². The van der Waals surface area contributed by atoms with Gasteiger partial charge in [-0.1, -0.05) is 18.3 Å². The maximum Gasteiger partial charge on any atom is 0.516 e. The van der Waals surface area contributed by atoms with Crippen molar-refractivity contribution in [1.82, 2.24) is 10.2 Å². The van der Waals surface area contributed by atoms with E-state index < -0.39 is 55.3 Å². The number of halogens is 8. The number of carbonyl (C=O) groups is 1. The second kappa shape index (κ2) is 11.0. The van der Waals surface area contributed by atoms with Crippen molar-refractivity contribution in [2.24, 2.45) is 10.2 Å². The van der Waals surface area contributed by atoms with Gasteiger partial charge in [0.1, 0.15) is 5.69 Å². The predicted octanol–water partition coefficient (Wildman–Crippen LogP) is 6.47. The van der Waals surface area contributed by atoms with Crippen LogP contribution in [0, 0.1) is 0 Å². The molecule has 0 fully saturated rings. The topological polar surface area (TPSA) is 126 Å². The van der Waals surface area contributed by atoms with Crippen molar-refractivity contribution in [1.29, 1.82) is 0 Å². The molecule has 0 aliphatic carbocycles. The molecule has 1 aliphatic rings. The Kier molecular flexibility index (Phi) is 8.64. The van der Waals surface area contributed by atoms with Crippen LogP contribution in [0.15, 0.2) is 22.4 Å². The van der Waals surface area contributed by atoms with E-state index in [0.29, 0.717) is 30.5 Å². The molecule has 10 nitrogen and oxygen atoms in total. The first-order valence-electron chi connectivity index (χ1n) is 11.2. The highest BCUT2D eigenvalue weighted by atomic mass is 32.2. The van der Waals surface area contributed by atoms with Crippen molar-refractivity contribution in [3.8, 4) is 0 Å². The van der Waals surface area contributed by atoms with Gasteiger partial charge in [-0.25, -0.2) is 4.79 Å². The van der Waals surface area contributed by atoms with Gasteiger partial charge in [-0.3, -0.25) is 4.72 Å². The second-order valence-electron chi connectivity index (χ2n) is 8.64. The molecular weight excluding hydrogens is 604 g/mol. The van der Waals surface area contributed by atoms with Crippen LogP contribution in [0.2, 0.25) is 0 Å². The zero-order valence-electron chi connectivity index (χ0n) is 20.6. The number of benzene rings is 1. The SMILES string of the molecule is CCC1CCc2cc(N=Nc3nnc(C(=O)OC(F)(F)C(F)(F)F)s3)c(NS(=O)(=O)C(F)(F)F)cc2N1C(C)C. The van der Waals surface area contributed by atoms with E-state index in [4.69, 9.17) is 0 Å². The lowest BCUT2D eigenvalue weighted by Crippen LogP contribution is -2.43. The van der Waals surface area contributed by atoms with Crippen molar-refractivity contribution in [3.63, 3.8) is 0 Å². The van der Waals surface area contributed by atoms with E-state index in [-0.39, 0.29) is 23.4 Å². The molecule has 0 saturated heterocycles. The van der Waals surface area contributed by atoms with E-state index >= 15 is 0 Å². The summed E-state index contributed by atoms with van der Waals surface area (Å²) in [5, 5.41) is 12.0. The Balaban J connectivity index is 2.00. The van der Waals surface area contributed by atoms with Gasteiger partial charge in [0, 0.05) is 17.8 Å². The molecule has 1 aromatic heterocycles. The number of alkyl halides is 8. The number of anilines is 2. The number of carbonyl (C=O) groups excluding carboxylic acids is 1. The number of ether oxygens (including phenoxy) is 1. The zero-order chi connectivity index (χ0) is 30.3. The highest BCUT2D eigenvalue weighted by Gasteiger charge is 2.62. The summed E-state index contributed by atoms with van der Waals surface area (Å²) in [6, 6.07) is 2.40. The van der Waals surface area contributed by atoms with E-state index in [1.165, 1.54) is 16.9 Å². The third-order valence-electron chi connectivity index (χ3n) is 5.58. The van der Waals surface area contributed by atoms with E-state index in [1.807, 2.05) is 25.7 Å². The third kappa shape index (κ3) is 6.58. The number of hydrogen-bond donors (Lipinski definition) is 1. The number of nitrogens with zero attached hydrogens (tertiary/aromatic N) is 5. The van der Waals surface area contributed by atoms with Crippen LogP contribution in [0.3, 0.4) is 0 Å². The summed E-state index contributed by atoms with van der Waals surface area (Å²) < 4.78 is 130. The molecule has 1 atom stereocenters. The molecule has 0 spiro atoms. The Bertz CT molecular complexity index is 1390. The average molecular weight is 625 g/mol. The number of nitrogens with one attached hydrogen (secondary N) is 1. The molecule has 1 aliphatic heterocycles. The molecule has 0 bridgehead atoms. The standard InChI is InChI=1S/C20H20F8N6O4S2/c1-4-11-6-5-10-7-12(13(8-14(10)34(11)9(2)3)33-40(36,37)20(26,27)28)29-31-17-32-30-15(39-17)16(35)38-19(24,25)18(21,22)23/h7-9,11,33H,4-6H2,1-3H3. The van der Waals surface area contributed by atoms with Gasteiger partial charge in [0.15, 0.2) is 0 Å². The molecule has 222 valence electrons. The summed E-state index contributed by atoms with van der Waals surface area (Å²) in [5.74, 6) is -2.17. The molecule has 1 unspecified atom stereocenters. The van der Waals surface area contributed by atoms with E-state index in [2.05, 4.69) is 25.2 Å². The fraction of sp³-hybridized carbons (Fsp3) is 0.550.